The van der Waals surface area contributed by atoms with Crippen molar-refractivity contribution in [2.75, 3.05) is 0 Å². The minimum Gasteiger partial charge on any atom is -0.308 e. The summed E-state index contributed by atoms with van der Waals surface area (Å²) in [6.45, 7) is 3.96. The summed E-state index contributed by atoms with van der Waals surface area (Å²) in [5, 5.41) is 31.6. The van der Waals surface area contributed by atoms with Crippen LogP contribution in [0.15, 0.2) is 30.3 Å². The lowest BCUT2D eigenvalue weighted by Crippen LogP contribution is -2.02. The lowest BCUT2D eigenvalue weighted by atomic mass is 9.96. The van der Waals surface area contributed by atoms with Crippen LogP contribution in [-0.4, -0.2) is 9.49 Å². The Morgan fingerprint density at radius 1 is 1.23 bits per heavy atom. The van der Waals surface area contributed by atoms with Gasteiger partial charge in [0.1, 0.15) is 11.1 Å². The molecule has 3 aromatic rings. The van der Waals surface area contributed by atoms with E-state index in [1.54, 1.807) is 29.5 Å². The molecule has 1 aliphatic carbocycles. The number of nitro groups is 1. The topological polar surface area (TPSA) is 95.6 Å². The van der Waals surface area contributed by atoms with Gasteiger partial charge in [-0.15, -0.1) is 11.3 Å². The van der Waals surface area contributed by atoms with Crippen molar-refractivity contribution in [2.45, 2.75) is 39.5 Å². The normalized spacial score (nSPS) is 13.4. The molecule has 0 saturated carbocycles. The van der Waals surface area contributed by atoms with Crippen molar-refractivity contribution in [3.05, 3.63) is 79.0 Å². The molecular formula is C24H20N4O2S. The molecule has 6 nitrogen and oxygen atoms in total. The van der Waals surface area contributed by atoms with Crippen molar-refractivity contribution >= 4 is 28.7 Å². The van der Waals surface area contributed by atoms with Gasteiger partial charge in [-0.1, -0.05) is 12.1 Å². The third-order valence-corrected chi connectivity index (χ3v) is 7.00. The van der Waals surface area contributed by atoms with Gasteiger partial charge in [0, 0.05) is 28.4 Å². The molecule has 0 spiro atoms. The zero-order valence-corrected chi connectivity index (χ0v) is 18.1. The Bertz CT molecular complexity index is 1310. The highest BCUT2D eigenvalue weighted by molar-refractivity contribution is 7.15. The SMILES string of the molecule is Cc1cc(/C=C(\C#N)c2cccc([N+](=O)[O-])c2)c(C)n1-c1sc2c(c1C#N)CCCC2. The van der Waals surface area contributed by atoms with Gasteiger partial charge in [-0.2, -0.15) is 10.5 Å². The van der Waals surface area contributed by atoms with Gasteiger partial charge < -0.3 is 4.57 Å². The van der Waals surface area contributed by atoms with E-state index >= 15 is 0 Å². The number of hydrogen-bond donors (Lipinski definition) is 0. The summed E-state index contributed by atoms with van der Waals surface area (Å²) < 4.78 is 2.09. The minimum atomic E-state index is -0.466. The van der Waals surface area contributed by atoms with Gasteiger partial charge in [0.2, 0.25) is 0 Å². The smallest absolute Gasteiger partial charge is 0.270 e. The molecule has 0 amide bonds. The van der Waals surface area contributed by atoms with Gasteiger partial charge in [0.25, 0.3) is 5.69 Å². The van der Waals surface area contributed by atoms with E-state index in [2.05, 4.69) is 16.7 Å². The van der Waals surface area contributed by atoms with Crippen LogP contribution in [0.3, 0.4) is 0 Å². The van der Waals surface area contributed by atoms with Crippen molar-refractivity contribution in [3.8, 4) is 17.1 Å². The Morgan fingerprint density at radius 3 is 2.71 bits per heavy atom. The van der Waals surface area contributed by atoms with E-state index < -0.39 is 4.92 Å². The summed E-state index contributed by atoms with van der Waals surface area (Å²) in [4.78, 5) is 11.9. The molecule has 0 radical (unpaired) electrons. The number of hydrogen-bond acceptors (Lipinski definition) is 5. The molecule has 1 aromatic carbocycles. The second kappa shape index (κ2) is 8.22. The van der Waals surface area contributed by atoms with E-state index in [0.29, 0.717) is 11.1 Å². The maximum absolute atomic E-state index is 11.1. The van der Waals surface area contributed by atoms with Gasteiger partial charge in [-0.3, -0.25) is 10.1 Å². The molecule has 0 aliphatic heterocycles. The molecule has 2 heterocycles. The van der Waals surface area contributed by atoms with E-state index in [9.17, 15) is 20.6 Å². The van der Waals surface area contributed by atoms with Gasteiger partial charge in [0.05, 0.1) is 22.1 Å². The van der Waals surface area contributed by atoms with Crippen LogP contribution >= 0.6 is 11.3 Å². The average molecular weight is 429 g/mol. The van der Waals surface area contributed by atoms with Crippen molar-refractivity contribution in [2.24, 2.45) is 0 Å². The quantitative estimate of drug-likeness (QED) is 0.294. The van der Waals surface area contributed by atoms with Gasteiger partial charge in [-0.25, -0.2) is 0 Å². The van der Waals surface area contributed by atoms with Crippen LogP contribution < -0.4 is 0 Å². The average Bonchev–Trinajstić information content (AvgIpc) is 3.27. The maximum atomic E-state index is 11.1. The molecule has 7 heteroatoms. The molecular weight excluding hydrogens is 408 g/mol. The Balaban J connectivity index is 1.82. The summed E-state index contributed by atoms with van der Waals surface area (Å²) in [5.41, 5.74) is 5.54. The highest BCUT2D eigenvalue weighted by Crippen LogP contribution is 2.38. The van der Waals surface area contributed by atoms with Gasteiger partial charge in [0.15, 0.2) is 0 Å². The first kappa shape index (κ1) is 20.6. The van der Waals surface area contributed by atoms with E-state index in [1.165, 1.54) is 22.6 Å². The van der Waals surface area contributed by atoms with Crippen LogP contribution in [0.1, 0.15) is 51.4 Å². The van der Waals surface area contributed by atoms with Crippen LogP contribution in [-0.2, 0) is 12.8 Å². The highest BCUT2D eigenvalue weighted by Gasteiger charge is 2.24. The van der Waals surface area contributed by atoms with Crippen LogP contribution in [0.25, 0.3) is 16.7 Å². The fourth-order valence-electron chi connectivity index (χ4n) is 4.19. The number of nitrogens with zero attached hydrogens (tertiary/aromatic N) is 4. The molecule has 0 saturated heterocycles. The van der Waals surface area contributed by atoms with E-state index in [0.717, 1.165) is 53.2 Å². The molecule has 0 unspecified atom stereocenters. The third kappa shape index (κ3) is 3.65. The van der Waals surface area contributed by atoms with Crippen molar-refractivity contribution < 1.29 is 4.92 Å². The molecule has 2 aromatic heterocycles. The Kier molecular flexibility index (Phi) is 5.46. The fraction of sp³-hybridized carbons (Fsp3) is 0.250. The zero-order valence-electron chi connectivity index (χ0n) is 17.3. The summed E-state index contributed by atoms with van der Waals surface area (Å²) in [5.74, 6) is 0. The second-order valence-corrected chi connectivity index (χ2v) is 8.73. The van der Waals surface area contributed by atoms with E-state index in [1.807, 2.05) is 19.9 Å². The molecule has 154 valence electrons. The first-order valence-electron chi connectivity index (χ1n) is 10.0. The fourth-order valence-corrected chi connectivity index (χ4v) is 5.64. The second-order valence-electron chi connectivity index (χ2n) is 7.64. The molecule has 4 rings (SSSR count). The standard InChI is InChI=1S/C24H20N4O2S/c1-15-10-18(11-19(13-25)17-6-5-7-20(12-17)28(29)30)16(2)27(15)24-22(14-26)21-8-3-4-9-23(21)31-24/h5-7,10-12H,3-4,8-9H2,1-2H3/b19-11+. The molecule has 0 fully saturated rings. The first-order valence-corrected chi connectivity index (χ1v) is 10.9. The molecule has 1 aliphatic rings. The van der Waals surface area contributed by atoms with Crippen LogP contribution in [0.4, 0.5) is 5.69 Å². The molecule has 0 N–H and O–H groups in total. The van der Waals surface area contributed by atoms with Crippen LogP contribution in [0, 0.1) is 46.6 Å². The van der Waals surface area contributed by atoms with Crippen LogP contribution in [0.2, 0.25) is 0 Å². The Hall–Kier alpha value is -3.68. The largest absolute Gasteiger partial charge is 0.308 e. The molecule has 31 heavy (non-hydrogen) atoms. The van der Waals surface area contributed by atoms with E-state index in [-0.39, 0.29) is 5.69 Å². The summed E-state index contributed by atoms with van der Waals surface area (Å²) in [7, 11) is 0. The predicted octanol–water partition coefficient (Wildman–Crippen LogP) is 5.88. The first-order chi connectivity index (χ1) is 14.9. The monoisotopic (exact) mass is 428 g/mol. The number of benzene rings is 1. The van der Waals surface area contributed by atoms with Crippen molar-refractivity contribution in [1.82, 2.24) is 4.57 Å². The number of nitro benzene ring substituents is 1. The number of thiophene rings is 1. The number of nitriles is 2. The van der Waals surface area contributed by atoms with E-state index in [4.69, 9.17) is 0 Å². The lowest BCUT2D eigenvalue weighted by Gasteiger charge is -2.10. The number of allylic oxidation sites excluding steroid dienone is 1. The van der Waals surface area contributed by atoms with Crippen LogP contribution in [0.5, 0.6) is 0 Å². The molecule has 0 bridgehead atoms. The number of non-ortho nitro benzene ring substituents is 1. The maximum Gasteiger partial charge on any atom is 0.270 e. The minimum absolute atomic E-state index is 0.0491. The predicted molar refractivity (Wildman–Crippen MR) is 121 cm³/mol. The summed E-state index contributed by atoms with van der Waals surface area (Å²) in [6, 6.07) is 12.7. The van der Waals surface area contributed by atoms with Gasteiger partial charge >= 0.3 is 0 Å². The van der Waals surface area contributed by atoms with Crippen molar-refractivity contribution in [3.63, 3.8) is 0 Å². The zero-order chi connectivity index (χ0) is 22.1. The summed E-state index contributed by atoms with van der Waals surface area (Å²) in [6.07, 6.45) is 6.00. The highest BCUT2D eigenvalue weighted by atomic mass is 32.1. The number of fused-ring (bicyclic) bond motifs is 1. The third-order valence-electron chi connectivity index (χ3n) is 5.73. The summed E-state index contributed by atoms with van der Waals surface area (Å²) >= 11 is 1.69. The Morgan fingerprint density at radius 2 is 2.00 bits per heavy atom. The van der Waals surface area contributed by atoms with Gasteiger partial charge in [-0.05, 0) is 68.4 Å². The number of aryl methyl sites for hydroxylation is 2. The number of rotatable bonds is 4. The van der Waals surface area contributed by atoms with Crippen molar-refractivity contribution in [1.29, 1.82) is 10.5 Å². The number of aromatic nitrogens is 1. The lowest BCUT2D eigenvalue weighted by molar-refractivity contribution is -0.384. The Labute approximate surface area is 184 Å². The molecule has 0 atom stereocenters.